The van der Waals surface area contributed by atoms with Crippen molar-refractivity contribution in [3.63, 3.8) is 0 Å². The maximum atomic E-state index is 5.46. The van der Waals surface area contributed by atoms with E-state index < -0.39 is 0 Å². The van der Waals surface area contributed by atoms with Gasteiger partial charge in [-0.2, -0.15) is 0 Å². The zero-order valence-electron chi connectivity index (χ0n) is 12.6. The van der Waals surface area contributed by atoms with E-state index in [-0.39, 0.29) is 0 Å². The maximum Gasteiger partial charge on any atom is 0.122 e. The van der Waals surface area contributed by atoms with E-state index in [2.05, 4.69) is 58.1 Å². The summed E-state index contributed by atoms with van der Waals surface area (Å²) in [5, 5.41) is 3.54. The molecule has 102 valence electrons. The van der Waals surface area contributed by atoms with E-state index >= 15 is 0 Å². The summed E-state index contributed by atoms with van der Waals surface area (Å²) in [6.07, 6.45) is 1.00. The standard InChI is InChI=1S/C16H27NO/c1-11(2)14-7-8-16(18-6)15(10-14)9-13(5)17-12(3)4/h7-8,10-13,17H,9H2,1-6H3. The van der Waals surface area contributed by atoms with Crippen molar-refractivity contribution in [3.8, 4) is 5.75 Å². The van der Waals surface area contributed by atoms with E-state index in [1.165, 1.54) is 11.1 Å². The van der Waals surface area contributed by atoms with Gasteiger partial charge in [0.2, 0.25) is 0 Å². The third-order valence-electron chi connectivity index (χ3n) is 3.12. The predicted molar refractivity (Wildman–Crippen MR) is 78.5 cm³/mol. The van der Waals surface area contributed by atoms with Gasteiger partial charge < -0.3 is 10.1 Å². The minimum atomic E-state index is 0.460. The van der Waals surface area contributed by atoms with Crippen LogP contribution in [-0.2, 0) is 6.42 Å². The van der Waals surface area contributed by atoms with Crippen molar-refractivity contribution < 1.29 is 4.74 Å². The van der Waals surface area contributed by atoms with Crippen LogP contribution in [0.25, 0.3) is 0 Å². The molecule has 0 aromatic heterocycles. The fourth-order valence-corrected chi connectivity index (χ4v) is 2.27. The Hall–Kier alpha value is -1.02. The van der Waals surface area contributed by atoms with Crippen molar-refractivity contribution in [2.45, 2.75) is 59.0 Å². The summed E-state index contributed by atoms with van der Waals surface area (Å²) in [5.41, 5.74) is 2.67. The quantitative estimate of drug-likeness (QED) is 0.829. The van der Waals surface area contributed by atoms with E-state index in [4.69, 9.17) is 4.74 Å². The van der Waals surface area contributed by atoms with Crippen molar-refractivity contribution in [2.75, 3.05) is 7.11 Å². The van der Waals surface area contributed by atoms with Gasteiger partial charge in [0.05, 0.1) is 7.11 Å². The topological polar surface area (TPSA) is 21.3 Å². The first-order valence-electron chi connectivity index (χ1n) is 6.86. The minimum Gasteiger partial charge on any atom is -0.496 e. The lowest BCUT2D eigenvalue weighted by atomic mass is 9.97. The van der Waals surface area contributed by atoms with Crippen LogP contribution in [0.1, 0.15) is 51.7 Å². The number of benzene rings is 1. The fraction of sp³-hybridized carbons (Fsp3) is 0.625. The fourth-order valence-electron chi connectivity index (χ4n) is 2.27. The second kappa shape index (κ2) is 6.79. The summed E-state index contributed by atoms with van der Waals surface area (Å²) in [7, 11) is 1.74. The molecule has 0 bridgehead atoms. The molecule has 0 amide bonds. The molecular weight excluding hydrogens is 222 g/mol. The summed E-state index contributed by atoms with van der Waals surface area (Å²) in [5.74, 6) is 1.56. The van der Waals surface area contributed by atoms with Crippen molar-refractivity contribution in [1.82, 2.24) is 5.32 Å². The smallest absolute Gasteiger partial charge is 0.122 e. The van der Waals surface area contributed by atoms with Crippen LogP contribution in [0.4, 0.5) is 0 Å². The van der Waals surface area contributed by atoms with Gasteiger partial charge in [-0.15, -0.1) is 0 Å². The third-order valence-corrected chi connectivity index (χ3v) is 3.12. The third kappa shape index (κ3) is 4.34. The average molecular weight is 249 g/mol. The molecule has 1 rings (SSSR count). The second-order valence-electron chi connectivity index (χ2n) is 5.65. The Labute approximate surface area is 112 Å². The van der Waals surface area contributed by atoms with Gasteiger partial charge in [-0.1, -0.05) is 39.8 Å². The highest BCUT2D eigenvalue weighted by atomic mass is 16.5. The Bertz CT molecular complexity index is 371. The van der Waals surface area contributed by atoms with Gasteiger partial charge in [-0.05, 0) is 36.5 Å². The molecule has 0 saturated carbocycles. The summed E-state index contributed by atoms with van der Waals surface area (Å²) >= 11 is 0. The molecule has 0 aliphatic carbocycles. The first-order valence-corrected chi connectivity index (χ1v) is 6.86. The van der Waals surface area contributed by atoms with Gasteiger partial charge in [-0.3, -0.25) is 0 Å². The molecule has 0 radical (unpaired) electrons. The predicted octanol–water partition coefficient (Wildman–Crippen LogP) is 3.75. The number of hydrogen-bond donors (Lipinski definition) is 1. The molecule has 0 spiro atoms. The Kier molecular flexibility index (Phi) is 5.67. The lowest BCUT2D eigenvalue weighted by Crippen LogP contribution is -2.33. The molecule has 0 saturated heterocycles. The van der Waals surface area contributed by atoms with E-state index in [0.29, 0.717) is 18.0 Å². The maximum absolute atomic E-state index is 5.46. The summed E-state index contributed by atoms with van der Waals surface area (Å²) in [6, 6.07) is 7.50. The summed E-state index contributed by atoms with van der Waals surface area (Å²) in [6.45, 7) is 11.0. The number of nitrogens with one attached hydrogen (secondary N) is 1. The zero-order valence-corrected chi connectivity index (χ0v) is 12.6. The van der Waals surface area contributed by atoms with E-state index in [9.17, 15) is 0 Å². The van der Waals surface area contributed by atoms with Gasteiger partial charge in [-0.25, -0.2) is 0 Å². The molecule has 0 aliphatic rings. The number of rotatable bonds is 6. The van der Waals surface area contributed by atoms with Gasteiger partial charge >= 0.3 is 0 Å². The summed E-state index contributed by atoms with van der Waals surface area (Å²) < 4.78 is 5.46. The van der Waals surface area contributed by atoms with Gasteiger partial charge in [0.1, 0.15) is 5.75 Å². The van der Waals surface area contributed by atoms with Crippen LogP contribution >= 0.6 is 0 Å². The molecular formula is C16H27NO. The van der Waals surface area contributed by atoms with Crippen molar-refractivity contribution >= 4 is 0 Å². The van der Waals surface area contributed by atoms with Crippen LogP contribution < -0.4 is 10.1 Å². The van der Waals surface area contributed by atoms with E-state index in [1.54, 1.807) is 7.11 Å². The lowest BCUT2D eigenvalue weighted by molar-refractivity contribution is 0.403. The first kappa shape index (κ1) is 15.0. The molecule has 1 N–H and O–H groups in total. The van der Waals surface area contributed by atoms with E-state index in [0.717, 1.165) is 12.2 Å². The van der Waals surface area contributed by atoms with Crippen LogP contribution in [-0.4, -0.2) is 19.2 Å². The molecule has 2 nitrogen and oxygen atoms in total. The summed E-state index contributed by atoms with van der Waals surface area (Å²) in [4.78, 5) is 0. The number of ether oxygens (including phenoxy) is 1. The highest BCUT2D eigenvalue weighted by Crippen LogP contribution is 2.25. The van der Waals surface area contributed by atoms with Crippen molar-refractivity contribution in [3.05, 3.63) is 29.3 Å². The molecule has 1 unspecified atom stereocenters. The zero-order chi connectivity index (χ0) is 13.7. The Morgan fingerprint density at radius 2 is 1.78 bits per heavy atom. The minimum absolute atomic E-state index is 0.460. The molecule has 1 aromatic carbocycles. The molecule has 1 aromatic rings. The normalized spacial score (nSPS) is 13.1. The molecule has 2 heteroatoms. The van der Waals surface area contributed by atoms with E-state index in [1.807, 2.05) is 0 Å². The first-order chi connectivity index (χ1) is 8.43. The van der Waals surface area contributed by atoms with Crippen LogP contribution in [0.5, 0.6) is 5.75 Å². The second-order valence-corrected chi connectivity index (χ2v) is 5.65. The number of hydrogen-bond acceptors (Lipinski definition) is 2. The van der Waals surface area contributed by atoms with Crippen LogP contribution in [0, 0.1) is 0 Å². The number of methoxy groups -OCH3 is 1. The average Bonchev–Trinajstić information content (AvgIpc) is 2.27. The largest absolute Gasteiger partial charge is 0.496 e. The molecule has 0 aliphatic heterocycles. The Balaban J connectivity index is 2.87. The van der Waals surface area contributed by atoms with Crippen LogP contribution in [0.3, 0.4) is 0 Å². The molecule has 1 atom stereocenters. The van der Waals surface area contributed by atoms with Crippen LogP contribution in [0.2, 0.25) is 0 Å². The van der Waals surface area contributed by atoms with Crippen LogP contribution in [0.15, 0.2) is 18.2 Å². The Morgan fingerprint density at radius 1 is 1.11 bits per heavy atom. The lowest BCUT2D eigenvalue weighted by Gasteiger charge is -2.19. The monoisotopic (exact) mass is 249 g/mol. The van der Waals surface area contributed by atoms with Gasteiger partial charge in [0.25, 0.3) is 0 Å². The Morgan fingerprint density at radius 3 is 2.28 bits per heavy atom. The highest BCUT2D eigenvalue weighted by Gasteiger charge is 2.11. The van der Waals surface area contributed by atoms with Crippen molar-refractivity contribution in [2.24, 2.45) is 0 Å². The van der Waals surface area contributed by atoms with Gasteiger partial charge in [0.15, 0.2) is 0 Å². The molecule has 0 heterocycles. The molecule has 0 fully saturated rings. The highest BCUT2D eigenvalue weighted by molar-refractivity contribution is 5.38. The van der Waals surface area contributed by atoms with Gasteiger partial charge in [0, 0.05) is 12.1 Å². The van der Waals surface area contributed by atoms with Crippen molar-refractivity contribution in [1.29, 1.82) is 0 Å². The SMILES string of the molecule is COc1ccc(C(C)C)cc1CC(C)NC(C)C. The molecule has 18 heavy (non-hydrogen) atoms.